The average molecular weight is 435 g/mol. The van der Waals surface area contributed by atoms with Gasteiger partial charge in [0.2, 0.25) is 5.91 Å². The van der Waals surface area contributed by atoms with Crippen molar-refractivity contribution in [1.82, 2.24) is 20.0 Å². The normalized spacial score (nSPS) is 23.3. The molecule has 7 nitrogen and oxygen atoms in total. The number of hydrogen-bond acceptors (Lipinski definition) is 5. The van der Waals surface area contributed by atoms with Gasteiger partial charge in [0.25, 0.3) is 5.91 Å². The molecule has 0 spiro atoms. The molecule has 8 heteroatoms. The summed E-state index contributed by atoms with van der Waals surface area (Å²) in [6, 6.07) is 2.50. The average Bonchev–Trinajstić information content (AvgIpc) is 3.12. The number of ether oxygens (including phenoxy) is 1. The lowest BCUT2D eigenvalue weighted by molar-refractivity contribution is -0.134. The minimum Gasteiger partial charge on any atom is -0.381 e. The molecule has 2 amide bonds. The number of nitrogens with zero attached hydrogens (tertiary/aromatic N) is 3. The van der Waals surface area contributed by atoms with Crippen LogP contribution in [0.5, 0.6) is 0 Å². The molecule has 2 heterocycles. The van der Waals surface area contributed by atoms with Crippen LogP contribution in [0.2, 0.25) is 0 Å². The summed E-state index contributed by atoms with van der Waals surface area (Å²) in [5.74, 6) is 0.240. The van der Waals surface area contributed by atoms with Crippen molar-refractivity contribution in [1.29, 1.82) is 0 Å². The van der Waals surface area contributed by atoms with Gasteiger partial charge in [0.15, 0.2) is 0 Å². The van der Waals surface area contributed by atoms with Gasteiger partial charge in [-0.1, -0.05) is 17.8 Å². The maximum absolute atomic E-state index is 12.9. The first kappa shape index (κ1) is 22.9. The summed E-state index contributed by atoms with van der Waals surface area (Å²) in [5.41, 5.74) is 0.962. The maximum Gasteiger partial charge on any atom is 0.257 e. The van der Waals surface area contributed by atoms with Crippen molar-refractivity contribution in [3.05, 3.63) is 22.7 Å². The highest BCUT2D eigenvalue weighted by atomic mass is 32.2. The van der Waals surface area contributed by atoms with Crippen molar-refractivity contribution < 1.29 is 14.3 Å². The molecule has 1 aromatic heterocycles. The molecule has 3 rings (SSSR count). The molecule has 0 aromatic carbocycles. The summed E-state index contributed by atoms with van der Waals surface area (Å²) in [6.07, 6.45) is 7.11. The minimum absolute atomic E-state index is 0.0396. The van der Waals surface area contributed by atoms with Gasteiger partial charge in [-0.05, 0) is 58.4 Å². The van der Waals surface area contributed by atoms with E-state index in [-0.39, 0.29) is 23.8 Å². The molecule has 0 atom stereocenters. The lowest BCUT2D eigenvalue weighted by Gasteiger charge is -2.30. The van der Waals surface area contributed by atoms with Crippen LogP contribution in [0.1, 0.15) is 57.2 Å². The number of aryl methyl sites for hydroxylation is 1. The highest BCUT2D eigenvalue weighted by Crippen LogP contribution is 2.33. The van der Waals surface area contributed by atoms with E-state index in [1.54, 1.807) is 19.0 Å². The molecule has 0 unspecified atom stereocenters. The second-order valence-corrected chi connectivity index (χ2v) is 9.48. The predicted molar refractivity (Wildman–Crippen MR) is 118 cm³/mol. The van der Waals surface area contributed by atoms with E-state index in [9.17, 15) is 9.59 Å². The first-order chi connectivity index (χ1) is 14.4. The van der Waals surface area contributed by atoms with Crippen molar-refractivity contribution in [2.24, 2.45) is 5.92 Å². The van der Waals surface area contributed by atoms with Crippen molar-refractivity contribution >= 4 is 23.6 Å². The third kappa shape index (κ3) is 5.66. The Bertz CT molecular complexity index is 775. The number of allylic oxidation sites excluding steroid dienone is 1. The number of thioether (sulfide) groups is 1. The third-order valence-electron chi connectivity index (χ3n) is 5.91. The Kier molecular flexibility index (Phi) is 7.99. The number of aromatic nitrogens is 2. The van der Waals surface area contributed by atoms with Crippen LogP contribution in [0, 0.1) is 12.8 Å². The largest absolute Gasteiger partial charge is 0.381 e. The Balaban J connectivity index is 1.58. The summed E-state index contributed by atoms with van der Waals surface area (Å²) in [6.45, 7) is 5.40. The molecule has 30 heavy (non-hydrogen) atoms. The van der Waals surface area contributed by atoms with Gasteiger partial charge in [0.1, 0.15) is 0 Å². The van der Waals surface area contributed by atoms with Gasteiger partial charge < -0.3 is 15.0 Å². The maximum atomic E-state index is 12.9. The predicted octanol–water partition coefficient (Wildman–Crippen LogP) is 3.30. The van der Waals surface area contributed by atoms with Crippen molar-refractivity contribution in [2.45, 2.75) is 69.5 Å². The molecule has 2 fully saturated rings. The van der Waals surface area contributed by atoms with Crippen LogP contribution in [-0.2, 0) is 14.3 Å². The van der Waals surface area contributed by atoms with E-state index in [0.717, 1.165) is 62.5 Å². The quantitative estimate of drug-likeness (QED) is 0.549. The molecule has 1 N–H and O–H groups in total. The highest BCUT2D eigenvalue weighted by molar-refractivity contribution is 8.04. The summed E-state index contributed by atoms with van der Waals surface area (Å²) >= 11 is 1.48. The zero-order chi connectivity index (χ0) is 21.7. The number of carbonyl (C=O) groups excluding carboxylic acids is 2. The van der Waals surface area contributed by atoms with Gasteiger partial charge in [-0.3, -0.25) is 14.3 Å². The van der Waals surface area contributed by atoms with E-state index in [4.69, 9.17) is 4.74 Å². The number of amides is 2. The topological polar surface area (TPSA) is 76.5 Å². The summed E-state index contributed by atoms with van der Waals surface area (Å²) in [4.78, 5) is 27.5. The van der Waals surface area contributed by atoms with Gasteiger partial charge in [-0.2, -0.15) is 5.10 Å². The Morgan fingerprint density at radius 3 is 2.47 bits per heavy atom. The van der Waals surface area contributed by atoms with Gasteiger partial charge in [0.05, 0.1) is 21.7 Å². The van der Waals surface area contributed by atoms with Crippen molar-refractivity contribution in [2.75, 3.05) is 27.3 Å². The highest BCUT2D eigenvalue weighted by Gasteiger charge is 2.29. The zero-order valence-electron chi connectivity index (χ0n) is 18.5. The Morgan fingerprint density at radius 1 is 1.20 bits per heavy atom. The SMILES string of the molecule is C/C=C(\Sc1cc(C)nn1C1CCOCC1)C(=O)N[C@H]1CC[C@H](C(=O)N(C)C)CC1. The fraction of sp³-hybridized carbons (Fsp3) is 0.682. The lowest BCUT2D eigenvalue weighted by Crippen LogP contribution is -2.40. The van der Waals surface area contributed by atoms with E-state index in [0.29, 0.717) is 10.9 Å². The molecule has 0 radical (unpaired) electrons. The van der Waals surface area contributed by atoms with E-state index < -0.39 is 0 Å². The minimum atomic E-state index is -0.0396. The monoisotopic (exact) mass is 434 g/mol. The molecule has 1 saturated heterocycles. The van der Waals surface area contributed by atoms with E-state index in [1.165, 1.54) is 11.8 Å². The molecular weight excluding hydrogens is 400 g/mol. The van der Waals surface area contributed by atoms with E-state index in [2.05, 4.69) is 21.2 Å². The Hall–Kier alpha value is -1.80. The molecule has 1 aliphatic heterocycles. The second-order valence-electron chi connectivity index (χ2n) is 8.42. The standard InChI is InChI=1S/C22H34N4O3S/c1-5-19(21(27)23-17-8-6-16(7-9-17)22(28)25(3)4)30-20-14-15(2)24-26(20)18-10-12-29-13-11-18/h5,14,16-18H,6-13H2,1-4H3,(H,23,27)/b19-5-/t16-,17-. The molecule has 2 aliphatic rings. The molecule has 0 bridgehead atoms. The third-order valence-corrected chi connectivity index (χ3v) is 7.07. The van der Waals surface area contributed by atoms with E-state index in [1.807, 2.05) is 19.9 Å². The number of rotatable bonds is 6. The number of nitrogens with one attached hydrogen (secondary N) is 1. The molecule has 166 valence electrons. The van der Waals surface area contributed by atoms with Crippen LogP contribution in [0.4, 0.5) is 0 Å². The number of hydrogen-bond donors (Lipinski definition) is 1. The molecule has 1 aliphatic carbocycles. The molecular formula is C22H34N4O3S. The summed E-state index contributed by atoms with van der Waals surface area (Å²) in [7, 11) is 3.61. The van der Waals surface area contributed by atoms with E-state index >= 15 is 0 Å². The zero-order valence-corrected chi connectivity index (χ0v) is 19.3. The van der Waals surface area contributed by atoms with Crippen LogP contribution in [0.15, 0.2) is 22.1 Å². The Labute approximate surface area is 183 Å². The van der Waals surface area contributed by atoms with Gasteiger partial charge in [0, 0.05) is 39.3 Å². The van der Waals surface area contributed by atoms with Crippen LogP contribution < -0.4 is 5.32 Å². The summed E-state index contributed by atoms with van der Waals surface area (Å²) < 4.78 is 7.55. The first-order valence-corrected chi connectivity index (χ1v) is 11.7. The van der Waals surface area contributed by atoms with Gasteiger partial charge in [-0.15, -0.1) is 0 Å². The fourth-order valence-corrected chi connectivity index (χ4v) is 5.22. The first-order valence-electron chi connectivity index (χ1n) is 10.9. The fourth-order valence-electron chi connectivity index (χ4n) is 4.22. The van der Waals surface area contributed by atoms with Gasteiger partial charge in [-0.25, -0.2) is 0 Å². The smallest absolute Gasteiger partial charge is 0.257 e. The van der Waals surface area contributed by atoms with Crippen LogP contribution in [0.25, 0.3) is 0 Å². The Morgan fingerprint density at radius 2 is 1.87 bits per heavy atom. The van der Waals surface area contributed by atoms with Crippen LogP contribution in [-0.4, -0.2) is 59.8 Å². The second kappa shape index (κ2) is 10.5. The van der Waals surface area contributed by atoms with Crippen LogP contribution in [0.3, 0.4) is 0 Å². The molecule has 1 aromatic rings. The van der Waals surface area contributed by atoms with Gasteiger partial charge >= 0.3 is 0 Å². The van der Waals surface area contributed by atoms with Crippen molar-refractivity contribution in [3.63, 3.8) is 0 Å². The van der Waals surface area contributed by atoms with Crippen LogP contribution >= 0.6 is 11.8 Å². The molecule has 1 saturated carbocycles. The van der Waals surface area contributed by atoms with Crippen molar-refractivity contribution in [3.8, 4) is 0 Å². The lowest BCUT2D eigenvalue weighted by atomic mass is 9.85. The summed E-state index contributed by atoms with van der Waals surface area (Å²) in [5, 5.41) is 8.87. The number of carbonyl (C=O) groups is 2.